The highest BCUT2D eigenvalue weighted by molar-refractivity contribution is 7.99. The minimum absolute atomic E-state index is 0.0596. The summed E-state index contributed by atoms with van der Waals surface area (Å²) in [5.74, 6) is 0.0165. The average Bonchev–Trinajstić information content (AvgIpc) is 2.95. The first-order chi connectivity index (χ1) is 9.72. The van der Waals surface area contributed by atoms with Crippen molar-refractivity contribution in [3.63, 3.8) is 0 Å². The van der Waals surface area contributed by atoms with E-state index in [1.165, 1.54) is 10.7 Å². The third-order valence-corrected chi connectivity index (χ3v) is 3.28. The van der Waals surface area contributed by atoms with E-state index in [1.54, 1.807) is 36.7 Å². The molecule has 0 saturated heterocycles. The maximum atomic E-state index is 13.6. The van der Waals surface area contributed by atoms with E-state index in [9.17, 15) is 4.39 Å². The summed E-state index contributed by atoms with van der Waals surface area (Å²) in [5, 5.41) is 4.33. The summed E-state index contributed by atoms with van der Waals surface area (Å²) < 4.78 is 15.1. The molecule has 20 heavy (non-hydrogen) atoms. The van der Waals surface area contributed by atoms with E-state index in [0.717, 1.165) is 11.8 Å². The molecule has 0 bridgehead atoms. The molecule has 0 spiro atoms. The molecule has 0 saturated carbocycles. The van der Waals surface area contributed by atoms with Crippen LogP contribution in [0.25, 0.3) is 5.95 Å². The Morgan fingerprint density at radius 2 is 1.95 bits per heavy atom. The second-order valence-corrected chi connectivity index (χ2v) is 4.77. The highest BCUT2D eigenvalue weighted by atomic mass is 32.2. The normalized spacial score (nSPS) is 10.7. The quantitative estimate of drug-likeness (QED) is 0.793. The molecule has 0 radical (unpaired) electrons. The SMILES string of the molecule is Nc1nc(Sc2ccccc2F)nc(-n2cccn2)n1. The first-order valence-electron chi connectivity index (χ1n) is 5.66. The van der Waals surface area contributed by atoms with Gasteiger partial charge in [0.15, 0.2) is 5.16 Å². The zero-order chi connectivity index (χ0) is 13.9. The van der Waals surface area contributed by atoms with E-state index in [2.05, 4.69) is 20.1 Å². The van der Waals surface area contributed by atoms with Crippen molar-refractivity contribution in [2.75, 3.05) is 5.73 Å². The molecular formula is C12H9FN6S. The number of halogens is 1. The monoisotopic (exact) mass is 288 g/mol. The fourth-order valence-corrected chi connectivity index (χ4v) is 2.30. The Bertz CT molecular complexity index is 731. The molecule has 100 valence electrons. The van der Waals surface area contributed by atoms with Gasteiger partial charge in [0.1, 0.15) is 5.82 Å². The lowest BCUT2D eigenvalue weighted by Gasteiger charge is -2.05. The molecule has 2 aromatic heterocycles. The van der Waals surface area contributed by atoms with Crippen LogP contribution in [0.4, 0.5) is 10.3 Å². The summed E-state index contributed by atoms with van der Waals surface area (Å²) >= 11 is 1.08. The van der Waals surface area contributed by atoms with Crippen LogP contribution in [0.1, 0.15) is 0 Å². The molecule has 2 heterocycles. The number of benzene rings is 1. The predicted octanol–water partition coefficient (Wildman–Crippen LogP) is 1.93. The van der Waals surface area contributed by atoms with Crippen LogP contribution in [0, 0.1) is 5.82 Å². The highest BCUT2D eigenvalue weighted by Crippen LogP contribution is 2.27. The van der Waals surface area contributed by atoms with Gasteiger partial charge in [-0.2, -0.15) is 20.1 Å². The van der Waals surface area contributed by atoms with Crippen LogP contribution in [0.5, 0.6) is 0 Å². The standard InChI is InChI=1S/C12H9FN6S/c13-8-4-1-2-5-9(8)20-12-17-10(14)16-11(18-12)19-7-3-6-15-19/h1-7H,(H2,14,16,17,18). The van der Waals surface area contributed by atoms with Crippen molar-refractivity contribution in [1.82, 2.24) is 24.7 Å². The molecule has 0 aliphatic carbocycles. The Balaban J connectivity index is 1.97. The fraction of sp³-hybridized carbons (Fsp3) is 0. The summed E-state index contributed by atoms with van der Waals surface area (Å²) in [6.45, 7) is 0. The van der Waals surface area contributed by atoms with Crippen molar-refractivity contribution in [3.05, 3.63) is 48.5 Å². The third-order valence-electron chi connectivity index (χ3n) is 2.37. The molecular weight excluding hydrogens is 279 g/mol. The fourth-order valence-electron chi connectivity index (χ4n) is 1.52. The molecule has 0 unspecified atom stereocenters. The largest absolute Gasteiger partial charge is 0.368 e. The molecule has 1 aromatic carbocycles. The van der Waals surface area contributed by atoms with Gasteiger partial charge in [-0.25, -0.2) is 9.07 Å². The van der Waals surface area contributed by atoms with Gasteiger partial charge < -0.3 is 5.73 Å². The summed E-state index contributed by atoms with van der Waals surface area (Å²) in [6, 6.07) is 8.12. The number of nitrogens with two attached hydrogens (primary N) is 1. The molecule has 0 aliphatic rings. The van der Waals surface area contributed by atoms with E-state index in [0.29, 0.717) is 16.0 Å². The van der Waals surface area contributed by atoms with Gasteiger partial charge in [-0.1, -0.05) is 12.1 Å². The van der Waals surface area contributed by atoms with E-state index in [4.69, 9.17) is 5.73 Å². The molecule has 0 fully saturated rings. The molecule has 0 atom stereocenters. The van der Waals surface area contributed by atoms with Crippen LogP contribution in [0.15, 0.2) is 52.8 Å². The van der Waals surface area contributed by atoms with Gasteiger partial charge in [0.05, 0.1) is 4.90 Å². The van der Waals surface area contributed by atoms with Crippen molar-refractivity contribution < 1.29 is 4.39 Å². The van der Waals surface area contributed by atoms with Crippen molar-refractivity contribution in [1.29, 1.82) is 0 Å². The average molecular weight is 288 g/mol. The summed E-state index contributed by atoms with van der Waals surface area (Å²) in [5.41, 5.74) is 5.65. The summed E-state index contributed by atoms with van der Waals surface area (Å²) in [6.07, 6.45) is 3.29. The summed E-state index contributed by atoms with van der Waals surface area (Å²) in [4.78, 5) is 12.6. The number of hydrogen-bond acceptors (Lipinski definition) is 6. The lowest BCUT2D eigenvalue weighted by atomic mass is 10.4. The lowest BCUT2D eigenvalue weighted by Crippen LogP contribution is -2.07. The molecule has 3 rings (SSSR count). The third kappa shape index (κ3) is 2.59. The topological polar surface area (TPSA) is 82.5 Å². The zero-order valence-corrected chi connectivity index (χ0v) is 11.0. The smallest absolute Gasteiger partial charge is 0.256 e. The molecule has 3 aromatic rings. The Morgan fingerprint density at radius 3 is 2.70 bits per heavy atom. The van der Waals surface area contributed by atoms with E-state index >= 15 is 0 Å². The van der Waals surface area contributed by atoms with Crippen LogP contribution in [-0.4, -0.2) is 24.7 Å². The number of hydrogen-bond donors (Lipinski definition) is 1. The van der Waals surface area contributed by atoms with Crippen LogP contribution >= 0.6 is 11.8 Å². The Morgan fingerprint density at radius 1 is 1.10 bits per heavy atom. The number of rotatable bonds is 3. The van der Waals surface area contributed by atoms with Gasteiger partial charge in [-0.15, -0.1) is 0 Å². The highest BCUT2D eigenvalue weighted by Gasteiger charge is 2.10. The van der Waals surface area contributed by atoms with Crippen LogP contribution in [0.2, 0.25) is 0 Å². The number of anilines is 1. The molecule has 2 N–H and O–H groups in total. The first-order valence-corrected chi connectivity index (χ1v) is 6.48. The van der Waals surface area contributed by atoms with Gasteiger partial charge >= 0.3 is 0 Å². The Kier molecular flexibility index (Phi) is 3.30. The van der Waals surface area contributed by atoms with E-state index in [-0.39, 0.29) is 11.8 Å². The van der Waals surface area contributed by atoms with E-state index in [1.807, 2.05) is 0 Å². The van der Waals surface area contributed by atoms with E-state index < -0.39 is 0 Å². The molecule has 0 aliphatic heterocycles. The van der Waals surface area contributed by atoms with Crippen LogP contribution in [0.3, 0.4) is 0 Å². The van der Waals surface area contributed by atoms with Gasteiger partial charge in [-0.3, -0.25) is 0 Å². The van der Waals surface area contributed by atoms with Gasteiger partial charge in [-0.05, 0) is 30.0 Å². The van der Waals surface area contributed by atoms with Crippen molar-refractivity contribution in [3.8, 4) is 5.95 Å². The number of nitrogens with zero attached hydrogens (tertiary/aromatic N) is 5. The second-order valence-electron chi connectivity index (χ2n) is 3.76. The second kappa shape index (κ2) is 5.25. The summed E-state index contributed by atoms with van der Waals surface area (Å²) in [7, 11) is 0. The van der Waals surface area contributed by atoms with Crippen molar-refractivity contribution >= 4 is 17.7 Å². The Labute approximate surface area is 117 Å². The van der Waals surface area contributed by atoms with Gasteiger partial charge in [0.25, 0.3) is 5.95 Å². The first kappa shape index (κ1) is 12.5. The maximum absolute atomic E-state index is 13.6. The minimum atomic E-state index is -0.336. The zero-order valence-electron chi connectivity index (χ0n) is 10.1. The van der Waals surface area contributed by atoms with Crippen LogP contribution in [-0.2, 0) is 0 Å². The number of nitrogen functional groups attached to an aromatic ring is 1. The molecule has 8 heteroatoms. The van der Waals surface area contributed by atoms with Gasteiger partial charge in [0, 0.05) is 12.4 Å². The molecule has 0 amide bonds. The lowest BCUT2D eigenvalue weighted by molar-refractivity contribution is 0.601. The molecule has 6 nitrogen and oxygen atoms in total. The Hall–Kier alpha value is -2.48. The maximum Gasteiger partial charge on any atom is 0.256 e. The van der Waals surface area contributed by atoms with Gasteiger partial charge in [0.2, 0.25) is 5.95 Å². The predicted molar refractivity (Wildman–Crippen MR) is 71.9 cm³/mol. The van der Waals surface area contributed by atoms with Crippen molar-refractivity contribution in [2.24, 2.45) is 0 Å². The minimum Gasteiger partial charge on any atom is -0.368 e. The van der Waals surface area contributed by atoms with Crippen molar-refractivity contribution in [2.45, 2.75) is 10.1 Å². The number of aromatic nitrogens is 5. The van der Waals surface area contributed by atoms with Crippen LogP contribution < -0.4 is 5.73 Å².